The Labute approximate surface area is 248 Å². The minimum Gasteiger partial charge on any atom is -1.00 e. The first kappa shape index (κ1) is 35.1. The summed E-state index contributed by atoms with van der Waals surface area (Å²) >= 11 is 1.74. The van der Waals surface area contributed by atoms with Gasteiger partial charge in [-0.1, -0.05) is 90.8 Å². The van der Waals surface area contributed by atoms with E-state index in [1.807, 2.05) is 12.1 Å². The first-order valence-electron chi connectivity index (χ1n) is 12.1. The fraction of sp³-hybridized carbons (Fsp3) is 0.375. The Bertz CT molecular complexity index is 993. The average molecular weight is 615 g/mol. The van der Waals surface area contributed by atoms with Crippen LogP contribution in [0.5, 0.6) is 0 Å². The van der Waals surface area contributed by atoms with E-state index in [4.69, 9.17) is 0 Å². The van der Waals surface area contributed by atoms with Crippen molar-refractivity contribution in [3.8, 4) is 0 Å². The molecular weight excluding hydrogens is 575 g/mol. The summed E-state index contributed by atoms with van der Waals surface area (Å²) in [7, 11) is 0. The molecule has 0 aliphatic heterocycles. The van der Waals surface area contributed by atoms with Crippen LogP contribution in [0.1, 0.15) is 65.5 Å². The summed E-state index contributed by atoms with van der Waals surface area (Å²) in [5.74, 6) is 0. The number of hydrogen-bond acceptors (Lipinski definition) is 0. The Morgan fingerprint density at radius 1 is 0.611 bits per heavy atom. The van der Waals surface area contributed by atoms with Crippen molar-refractivity contribution in [2.45, 2.75) is 67.5 Å². The summed E-state index contributed by atoms with van der Waals surface area (Å²) in [5.41, 5.74) is 8.74. The van der Waals surface area contributed by atoms with E-state index >= 15 is 0 Å². The second-order valence-electron chi connectivity index (χ2n) is 11.1. The molecule has 0 atom stereocenters. The van der Waals surface area contributed by atoms with Gasteiger partial charge >= 0.3 is 41.9 Å². The van der Waals surface area contributed by atoms with Crippen molar-refractivity contribution in [1.29, 1.82) is 0 Å². The van der Waals surface area contributed by atoms with Crippen molar-refractivity contribution >= 4 is 16.6 Å². The van der Waals surface area contributed by atoms with Crippen molar-refractivity contribution in [3.63, 3.8) is 0 Å². The van der Waals surface area contributed by atoms with Crippen LogP contribution in [0.15, 0.2) is 84.0 Å². The second kappa shape index (κ2) is 16.1. The van der Waals surface area contributed by atoms with Crippen LogP contribution in [-0.4, -0.2) is 5.43 Å². The molecule has 0 unspecified atom stereocenters. The van der Waals surface area contributed by atoms with E-state index < -0.39 is 0 Å². The van der Waals surface area contributed by atoms with Crippen LogP contribution in [0.3, 0.4) is 0 Å². The van der Waals surface area contributed by atoms with Crippen molar-refractivity contribution < 1.29 is 48.1 Å². The zero-order chi connectivity index (χ0) is 25.4. The van der Waals surface area contributed by atoms with Gasteiger partial charge in [-0.3, -0.25) is 0 Å². The van der Waals surface area contributed by atoms with Crippen LogP contribution in [0.25, 0.3) is 11.1 Å². The standard InChI is InChI=1S/2C15H17.C2H6Si.2ClH.Zr/c2*1-15(2,3)14-10-9-13(11-14)12-7-5-4-6-8-12;1-3-2;;;/h2*4-8,11H,10H2,1-3H3;1-2H3;2*1H;/q2*-1;;;;+2/p-2. The molecule has 2 aliphatic carbocycles. The van der Waals surface area contributed by atoms with Crippen LogP contribution < -0.4 is 24.8 Å². The van der Waals surface area contributed by atoms with Crippen molar-refractivity contribution in [2.75, 3.05) is 0 Å². The minimum atomic E-state index is 0. The predicted octanol–water partition coefficient (Wildman–Crippen LogP) is 3.29. The molecule has 0 bridgehead atoms. The van der Waals surface area contributed by atoms with E-state index in [0.29, 0.717) is 0 Å². The normalized spacial score (nSPS) is 14.3. The van der Waals surface area contributed by atoms with E-state index in [-0.39, 0.29) is 41.1 Å². The van der Waals surface area contributed by atoms with E-state index in [9.17, 15) is 0 Å². The average Bonchev–Trinajstić information content (AvgIpc) is 3.45. The van der Waals surface area contributed by atoms with Gasteiger partial charge in [0.25, 0.3) is 0 Å². The van der Waals surface area contributed by atoms with Crippen molar-refractivity contribution in [3.05, 3.63) is 107 Å². The zero-order valence-corrected chi connectivity index (χ0v) is 28.1. The van der Waals surface area contributed by atoms with Gasteiger partial charge in [-0.2, -0.15) is 35.5 Å². The molecule has 0 saturated carbocycles. The maximum atomic E-state index is 3.45. The molecule has 0 fully saturated rings. The molecule has 0 aromatic heterocycles. The molecule has 0 heterocycles. The first-order chi connectivity index (χ1) is 15.9. The molecular formula is C32H40Cl2SiZr-2. The Morgan fingerprint density at radius 3 is 1.11 bits per heavy atom. The Kier molecular flexibility index (Phi) is 15.7. The van der Waals surface area contributed by atoms with Gasteiger partial charge < -0.3 is 24.8 Å². The Morgan fingerprint density at radius 2 is 0.889 bits per heavy atom. The number of hydrogen-bond donors (Lipinski definition) is 0. The summed E-state index contributed by atoms with van der Waals surface area (Å²) in [5, 5.41) is 0. The van der Waals surface area contributed by atoms with Crippen molar-refractivity contribution in [2.24, 2.45) is 10.8 Å². The summed E-state index contributed by atoms with van der Waals surface area (Å²) in [6.45, 7) is 18.2. The molecule has 0 nitrogen and oxygen atoms in total. The van der Waals surface area contributed by atoms with Crippen LogP contribution >= 0.6 is 0 Å². The number of benzene rings is 2. The third-order valence-corrected chi connectivity index (χ3v) is 5.67. The van der Waals surface area contributed by atoms with Gasteiger partial charge in [-0.25, -0.2) is 0 Å². The molecule has 4 heteroatoms. The topological polar surface area (TPSA) is 0 Å². The number of halogens is 2. The van der Waals surface area contributed by atoms with E-state index in [1.165, 1.54) is 33.4 Å². The zero-order valence-electron chi connectivity index (χ0n) is 23.1. The Hall–Kier alpha value is -0.920. The van der Waals surface area contributed by atoms with Gasteiger partial charge in [0.15, 0.2) is 0 Å². The molecule has 192 valence electrons. The molecule has 2 aromatic carbocycles. The van der Waals surface area contributed by atoms with Gasteiger partial charge in [-0.15, -0.1) is 46.5 Å². The molecule has 0 N–H and O–H groups in total. The largest absolute Gasteiger partial charge is 1.00 e. The fourth-order valence-corrected chi connectivity index (χ4v) is 3.50. The molecule has 2 aromatic rings. The summed E-state index contributed by atoms with van der Waals surface area (Å²) in [4.78, 5) is 0. The van der Waals surface area contributed by atoms with E-state index in [1.54, 1.807) is 23.3 Å². The minimum absolute atomic E-state index is 0. The monoisotopic (exact) mass is 612 g/mol. The van der Waals surface area contributed by atoms with Crippen molar-refractivity contribution in [1.82, 2.24) is 0 Å². The maximum Gasteiger partial charge on any atom is -1.00 e. The SMILES string of the molecule is CC(C)(C)C1=CC(c2ccccc2)=[C-]C1.CC(C)(C)C1=CC(c2ccccc2)=[C-]C1.C[Si](C)=[Zr+2].[Cl-].[Cl-]. The molecule has 36 heavy (non-hydrogen) atoms. The molecule has 0 saturated heterocycles. The molecule has 0 spiro atoms. The second-order valence-corrected chi connectivity index (χ2v) is 20.5. The molecule has 0 amide bonds. The smallest absolute Gasteiger partial charge is 1.00 e. The molecule has 0 radical (unpaired) electrons. The van der Waals surface area contributed by atoms with Gasteiger partial charge in [0.1, 0.15) is 0 Å². The van der Waals surface area contributed by atoms with Gasteiger partial charge in [-0.05, 0) is 10.8 Å². The molecule has 4 rings (SSSR count). The van der Waals surface area contributed by atoms with Gasteiger partial charge in [0.2, 0.25) is 0 Å². The maximum absolute atomic E-state index is 3.45. The predicted molar refractivity (Wildman–Crippen MR) is 148 cm³/mol. The third-order valence-electron chi connectivity index (χ3n) is 5.67. The van der Waals surface area contributed by atoms with Crippen LogP contribution in [0.2, 0.25) is 13.1 Å². The summed E-state index contributed by atoms with van der Waals surface area (Å²) < 4.78 is 0. The third kappa shape index (κ3) is 12.1. The summed E-state index contributed by atoms with van der Waals surface area (Å²) in [6, 6.07) is 21.0. The van der Waals surface area contributed by atoms with Crippen LogP contribution in [0.4, 0.5) is 0 Å². The Balaban J connectivity index is 0.000000566. The van der Waals surface area contributed by atoms with Crippen LogP contribution in [-0.2, 0) is 23.3 Å². The van der Waals surface area contributed by atoms with E-state index in [2.05, 4.69) is 127 Å². The first-order valence-corrected chi connectivity index (χ1v) is 18.3. The quantitative estimate of drug-likeness (QED) is 0.360. The number of rotatable bonds is 2. The number of allylic oxidation sites excluding steroid dienone is 8. The van der Waals surface area contributed by atoms with Crippen LogP contribution in [0, 0.1) is 23.0 Å². The fourth-order valence-electron chi connectivity index (χ4n) is 3.50. The molecule has 2 aliphatic rings. The van der Waals surface area contributed by atoms with E-state index in [0.717, 1.165) is 12.8 Å². The summed E-state index contributed by atoms with van der Waals surface area (Å²) in [6.07, 6.45) is 13.4. The van der Waals surface area contributed by atoms with Gasteiger partial charge in [0.05, 0.1) is 0 Å². The van der Waals surface area contributed by atoms with Gasteiger partial charge in [0, 0.05) is 0 Å².